The number of aromatic hydroxyl groups is 1. The van der Waals surface area contributed by atoms with E-state index in [1.165, 1.54) is 0 Å². The maximum absolute atomic E-state index is 14.2. The summed E-state index contributed by atoms with van der Waals surface area (Å²) in [6.45, 7) is 4.07. The maximum Gasteiger partial charge on any atom is 0.335 e. The number of urea groups is 2. The molecule has 4 heterocycles. The van der Waals surface area contributed by atoms with Crippen LogP contribution in [0.2, 0.25) is 0 Å². The topological polar surface area (TPSA) is 292 Å². The van der Waals surface area contributed by atoms with Crippen LogP contribution >= 0.6 is 31.9 Å². The second-order valence-corrected chi connectivity index (χ2v) is 17.2. The number of rotatable bonds is 15. The Morgan fingerprint density at radius 1 is 0.828 bits per heavy atom. The fraction of sp³-hybridized carbons (Fsp3) is 0.452. The second kappa shape index (κ2) is 23.4. The average Bonchev–Trinajstić information content (AvgIpc) is 3.29. The molecule has 20 nitrogen and oxygen atoms in total. The Labute approximate surface area is 386 Å². The predicted molar refractivity (Wildman–Crippen MR) is 240 cm³/mol. The molecule has 3 aromatic rings. The molecule has 2 aromatic carbocycles. The van der Waals surface area contributed by atoms with Crippen molar-refractivity contribution in [1.29, 1.82) is 0 Å². The van der Waals surface area contributed by atoms with Gasteiger partial charge in [0.15, 0.2) is 12.2 Å². The van der Waals surface area contributed by atoms with E-state index in [1.807, 2.05) is 41.3 Å². The molecule has 6 rings (SSSR count). The number of halogens is 2. The summed E-state index contributed by atoms with van der Waals surface area (Å²) in [7, 11) is 0. The summed E-state index contributed by atoms with van der Waals surface area (Å²) in [5.74, 6) is -4.16. The number of nitrogens with zero attached hydrogens (tertiary/aromatic N) is 5. The number of piperidine rings is 1. The number of amides is 6. The fourth-order valence-corrected chi connectivity index (χ4v) is 8.85. The summed E-state index contributed by atoms with van der Waals surface area (Å²) >= 11 is 6.74. The minimum atomic E-state index is -2.27. The molecule has 0 saturated carbocycles. The number of phenols is 1. The van der Waals surface area contributed by atoms with Crippen molar-refractivity contribution in [2.45, 2.75) is 75.4 Å². The number of hydrogen-bond acceptors (Lipinski definition) is 12. The fourth-order valence-electron chi connectivity index (χ4n) is 7.57. The Balaban J connectivity index is 0.000000688. The number of para-hydroxylation sites is 1. The van der Waals surface area contributed by atoms with Gasteiger partial charge in [0.2, 0.25) is 11.8 Å². The number of anilines is 2. The van der Waals surface area contributed by atoms with E-state index in [9.17, 15) is 33.9 Å². The van der Waals surface area contributed by atoms with Crippen LogP contribution in [0.4, 0.5) is 21.0 Å². The summed E-state index contributed by atoms with van der Waals surface area (Å²) in [4.78, 5) is 86.1. The van der Waals surface area contributed by atoms with Gasteiger partial charge in [-0.05, 0) is 112 Å². The third-order valence-electron chi connectivity index (χ3n) is 11.2. The van der Waals surface area contributed by atoms with E-state index >= 15 is 0 Å². The number of hydrogen-bond donors (Lipinski definition) is 9. The number of unbranched alkanes of at least 4 members (excludes halogenated alkanes) is 1. The van der Waals surface area contributed by atoms with Gasteiger partial charge in [-0.3, -0.25) is 14.6 Å². The second-order valence-electron chi connectivity index (χ2n) is 15.5. The van der Waals surface area contributed by atoms with E-state index in [2.05, 4.69) is 57.7 Å². The highest BCUT2D eigenvalue weighted by molar-refractivity contribution is 9.11. The van der Waals surface area contributed by atoms with Gasteiger partial charge in [0, 0.05) is 82.0 Å². The quantitative estimate of drug-likeness (QED) is 0.0989. The lowest BCUT2D eigenvalue weighted by Gasteiger charge is -2.40. The number of aliphatic hydroxyl groups is 2. The molecule has 0 radical (unpaired) electrons. The van der Waals surface area contributed by atoms with Crippen LogP contribution in [0.15, 0.2) is 69.9 Å². The molecule has 0 spiro atoms. The van der Waals surface area contributed by atoms with Gasteiger partial charge in [0.1, 0.15) is 17.8 Å². The summed E-state index contributed by atoms with van der Waals surface area (Å²) in [5, 5.41) is 51.8. The molecule has 0 aliphatic carbocycles. The first kappa shape index (κ1) is 49.5. The Hall–Kier alpha value is -5.55. The van der Waals surface area contributed by atoms with Gasteiger partial charge in [0.25, 0.3) is 0 Å². The molecular weight excluding hydrogens is 966 g/mol. The molecule has 2 saturated heterocycles. The number of carbonyl (C=O) groups excluding carboxylic acids is 4. The average molecular weight is 1020 g/mol. The van der Waals surface area contributed by atoms with E-state index in [0.29, 0.717) is 99.0 Å². The number of carboxylic acids is 2. The van der Waals surface area contributed by atoms with Crippen molar-refractivity contribution in [3.63, 3.8) is 0 Å². The van der Waals surface area contributed by atoms with E-state index < -0.39 is 48.2 Å². The zero-order chi connectivity index (χ0) is 46.5. The minimum Gasteiger partial charge on any atom is -0.506 e. The smallest absolute Gasteiger partial charge is 0.335 e. The van der Waals surface area contributed by atoms with Gasteiger partial charge in [-0.25, -0.2) is 19.2 Å². The van der Waals surface area contributed by atoms with Crippen LogP contribution in [0.25, 0.3) is 0 Å². The van der Waals surface area contributed by atoms with Crippen LogP contribution in [-0.4, -0.2) is 157 Å². The van der Waals surface area contributed by atoms with Crippen LogP contribution in [0.1, 0.15) is 43.2 Å². The predicted octanol–water partition coefficient (Wildman–Crippen LogP) is 2.29. The number of piperazine rings is 1. The molecule has 0 bridgehead atoms. The van der Waals surface area contributed by atoms with Crippen molar-refractivity contribution in [3.8, 4) is 5.75 Å². The molecule has 1 aromatic heterocycles. The Morgan fingerprint density at radius 2 is 1.44 bits per heavy atom. The van der Waals surface area contributed by atoms with Crippen molar-refractivity contribution >= 4 is 79.0 Å². The standard InChI is InChI=1S/C38H47Br2N9O5.C4H6O6/c39-29-21-25(22-30(40)34(29)50)23-33(45-37(53)48-15-10-28(11-16-48)49-24-26-5-1-2-6-31(26)44-38(49)54)35(51)43-32(7-3-4-12-41)36(52)47-19-17-46(18-20-47)27-8-13-42-14-9-27;5-1(3(7)8)2(6)4(9)10/h1-2,5-6,8-9,13-14,21-22,28,32-33,50H,3-4,7,10-12,15-20,23-24,41H2,(H,43,51)(H,44,54)(H,45,53);1-2,5-6H,(H,7,8)(H,9,10)/t32-,33+;/m0./s1. The van der Waals surface area contributed by atoms with Gasteiger partial charge in [-0.2, -0.15) is 0 Å². The summed E-state index contributed by atoms with van der Waals surface area (Å²) < 4.78 is 0.870. The van der Waals surface area contributed by atoms with Crippen molar-refractivity contribution in [3.05, 3.63) is 81.0 Å². The number of nitrogens with two attached hydrogens (primary N) is 1. The molecule has 22 heteroatoms. The van der Waals surface area contributed by atoms with E-state index in [1.54, 1.807) is 34.3 Å². The van der Waals surface area contributed by atoms with Crippen molar-refractivity contribution < 1.29 is 54.3 Å². The number of fused-ring (bicyclic) bond motifs is 1. The Morgan fingerprint density at radius 3 is 2.03 bits per heavy atom. The zero-order valence-corrected chi connectivity index (χ0v) is 38.0. The highest BCUT2D eigenvalue weighted by Gasteiger charge is 2.36. The molecule has 6 amide bonds. The van der Waals surface area contributed by atoms with E-state index in [0.717, 1.165) is 16.9 Å². The molecule has 2 unspecified atom stereocenters. The number of likely N-dealkylation sites (tertiary alicyclic amines) is 1. The van der Waals surface area contributed by atoms with Gasteiger partial charge in [-0.15, -0.1) is 0 Å². The van der Waals surface area contributed by atoms with Crippen LogP contribution in [0.3, 0.4) is 0 Å². The first-order valence-electron chi connectivity index (χ1n) is 20.7. The number of aliphatic carboxylic acids is 2. The molecule has 64 heavy (non-hydrogen) atoms. The number of nitrogens with one attached hydrogen (secondary N) is 3. The molecular formula is C42H53Br2N9O11. The third-order valence-corrected chi connectivity index (χ3v) is 12.4. The largest absolute Gasteiger partial charge is 0.506 e. The normalized spacial score (nSPS) is 17.1. The number of aliphatic hydroxyl groups excluding tert-OH is 2. The highest BCUT2D eigenvalue weighted by atomic mass is 79.9. The maximum atomic E-state index is 14.2. The number of pyridine rings is 1. The number of carboxylic acid groups (broad SMARTS) is 2. The van der Waals surface area contributed by atoms with Crippen molar-refractivity contribution in [2.75, 3.05) is 56.0 Å². The number of carbonyl (C=O) groups is 6. The Bertz CT molecular complexity index is 2080. The number of phenolic OH excluding ortho intramolecular Hbond substituents is 1. The number of benzene rings is 2. The molecule has 3 aliphatic rings. The zero-order valence-electron chi connectivity index (χ0n) is 34.8. The lowest BCUT2D eigenvalue weighted by Crippen LogP contribution is -2.59. The summed E-state index contributed by atoms with van der Waals surface area (Å²) in [5.41, 5.74) is 9.38. The van der Waals surface area contributed by atoms with E-state index in [4.69, 9.17) is 26.2 Å². The van der Waals surface area contributed by atoms with Gasteiger partial charge >= 0.3 is 24.0 Å². The van der Waals surface area contributed by atoms with Crippen LogP contribution in [0, 0.1) is 0 Å². The van der Waals surface area contributed by atoms with E-state index in [-0.39, 0.29) is 30.2 Å². The SMILES string of the molecule is NCCCC[C@H](NC(=O)[C@@H](Cc1cc(Br)c(O)c(Br)c1)NC(=O)N1CCC(N2Cc3ccccc3NC2=O)CC1)C(=O)N1CCN(c2ccncc2)CC1.O=C(O)C(O)C(O)C(=O)O. The van der Waals surface area contributed by atoms with Gasteiger partial charge < -0.3 is 66.8 Å². The summed E-state index contributed by atoms with van der Waals surface area (Å²) in [6, 6.07) is 12.6. The van der Waals surface area contributed by atoms with Crippen LogP contribution < -0.4 is 26.6 Å². The van der Waals surface area contributed by atoms with Gasteiger partial charge in [0.05, 0.1) is 8.95 Å². The molecule has 2 fully saturated rings. The van der Waals surface area contributed by atoms with Crippen LogP contribution in [0.5, 0.6) is 5.75 Å². The third kappa shape index (κ3) is 13.3. The van der Waals surface area contributed by atoms with Crippen molar-refractivity contribution in [1.82, 2.24) is 30.3 Å². The lowest BCUT2D eigenvalue weighted by atomic mass is 10.0. The lowest BCUT2D eigenvalue weighted by molar-refractivity contribution is -0.165. The van der Waals surface area contributed by atoms with Gasteiger partial charge in [-0.1, -0.05) is 18.2 Å². The first-order chi connectivity index (χ1) is 30.6. The minimum absolute atomic E-state index is 0.0205. The first-order valence-corrected chi connectivity index (χ1v) is 22.3. The Kier molecular flexibility index (Phi) is 18.1. The monoisotopic (exact) mass is 1020 g/mol. The molecule has 346 valence electrons. The molecule has 4 atom stereocenters. The summed E-state index contributed by atoms with van der Waals surface area (Å²) in [6.07, 6.45) is 2.00. The van der Waals surface area contributed by atoms with Crippen LogP contribution in [-0.2, 0) is 32.1 Å². The highest BCUT2D eigenvalue weighted by Crippen LogP contribution is 2.34. The number of aromatic nitrogens is 1. The molecule has 3 aliphatic heterocycles. The van der Waals surface area contributed by atoms with Crippen molar-refractivity contribution in [2.24, 2.45) is 5.73 Å². The molecule has 10 N–H and O–H groups in total.